The predicted molar refractivity (Wildman–Crippen MR) is 91.7 cm³/mol. The number of aliphatic carboxylic acids is 1. The first kappa shape index (κ1) is 16.4. The Kier molecular flexibility index (Phi) is 5.25. The van der Waals surface area contributed by atoms with Gasteiger partial charge in [0.1, 0.15) is 6.04 Å². The number of H-pyrrole nitrogens is 1. The average Bonchev–Trinajstić information content (AvgIpc) is 2.95. The second kappa shape index (κ2) is 7.35. The van der Waals surface area contributed by atoms with Crippen molar-refractivity contribution < 1.29 is 15.0 Å². The number of carboxylic acid groups (broad SMARTS) is 1. The number of hydrogen-bond acceptors (Lipinski definition) is 2. The highest BCUT2D eigenvalue weighted by Gasteiger charge is 2.21. The van der Waals surface area contributed by atoms with Crippen LogP contribution in [-0.4, -0.2) is 21.0 Å². The molecule has 0 amide bonds. The predicted octanol–water partition coefficient (Wildman–Crippen LogP) is 3.28. The Balaban J connectivity index is 2.57. The van der Waals surface area contributed by atoms with Crippen LogP contribution in [0, 0.1) is 0 Å². The van der Waals surface area contributed by atoms with E-state index in [0.29, 0.717) is 0 Å². The molecule has 2 aromatic rings. The average molecular weight is 310 g/mol. The Bertz CT molecular complexity index is 800. The Morgan fingerprint density at radius 3 is 2.70 bits per heavy atom. The zero-order valence-electron chi connectivity index (χ0n) is 13.1. The third kappa shape index (κ3) is 3.83. The van der Waals surface area contributed by atoms with Crippen LogP contribution in [0.4, 0.5) is 0 Å². The van der Waals surface area contributed by atoms with E-state index in [-0.39, 0.29) is 12.5 Å². The number of carbonyl (C=O) groups is 1. The van der Waals surface area contributed by atoms with Gasteiger partial charge >= 0.3 is 5.97 Å². The molecule has 5 nitrogen and oxygen atoms in total. The first-order valence-corrected chi connectivity index (χ1v) is 7.31. The van der Waals surface area contributed by atoms with Crippen molar-refractivity contribution >= 4 is 29.2 Å². The Morgan fingerprint density at radius 1 is 1.35 bits per heavy atom. The van der Waals surface area contributed by atoms with Crippen molar-refractivity contribution in [3.8, 4) is 0 Å². The molecule has 2 rings (SSSR count). The molecule has 0 aliphatic carbocycles. The van der Waals surface area contributed by atoms with Crippen LogP contribution in [0.1, 0.15) is 30.5 Å². The molecule has 0 spiro atoms. The first-order valence-electron chi connectivity index (χ1n) is 7.31. The monoisotopic (exact) mass is 310 g/mol. The maximum Gasteiger partial charge on any atom is 0.305 e. The highest BCUT2D eigenvalue weighted by atomic mass is 16.4. The van der Waals surface area contributed by atoms with Gasteiger partial charge in [0.2, 0.25) is 11.0 Å². The van der Waals surface area contributed by atoms with Crippen LogP contribution < -0.4 is 5.10 Å². The summed E-state index contributed by atoms with van der Waals surface area (Å²) in [7, 11) is 0. The number of aromatic nitrogens is 3. The van der Waals surface area contributed by atoms with E-state index in [9.17, 15) is 4.79 Å². The molecule has 1 unspecified atom stereocenters. The Hall–Kier alpha value is -2.95. The highest BCUT2D eigenvalue weighted by molar-refractivity contribution is 5.86. The van der Waals surface area contributed by atoms with Crippen LogP contribution in [0.3, 0.4) is 0 Å². The molecule has 0 fully saturated rings. The molecule has 23 heavy (non-hydrogen) atoms. The lowest BCUT2D eigenvalue weighted by molar-refractivity contribution is -0.476. The molecule has 0 radical (unpaired) electrons. The molecule has 0 bridgehead atoms. The minimum Gasteiger partial charge on any atom is -0.481 e. The number of benzene rings is 1. The van der Waals surface area contributed by atoms with E-state index in [0.717, 1.165) is 22.2 Å². The second-order valence-corrected chi connectivity index (χ2v) is 5.16. The van der Waals surface area contributed by atoms with Gasteiger partial charge in [0.15, 0.2) is 0 Å². The summed E-state index contributed by atoms with van der Waals surface area (Å²) >= 11 is 0. The van der Waals surface area contributed by atoms with Crippen LogP contribution in [0.5, 0.6) is 0 Å². The first-order chi connectivity index (χ1) is 11.1. The number of fused-ring (bicyclic) bond motifs is 1. The Morgan fingerprint density at radius 2 is 2.04 bits per heavy atom. The number of aromatic amines is 1. The number of nitrogens with one attached hydrogen (secondary N) is 1. The maximum absolute atomic E-state index is 10.9. The minimum absolute atomic E-state index is 0.00550. The maximum atomic E-state index is 10.9. The minimum atomic E-state index is -0.855. The molecular formula is C18H20N3O2+. The summed E-state index contributed by atoms with van der Waals surface area (Å²) in [5.41, 5.74) is 3.61. The van der Waals surface area contributed by atoms with Gasteiger partial charge in [-0.15, -0.1) is 0 Å². The molecular weight excluding hydrogens is 290 g/mol. The fraction of sp³-hybridized carbons (Fsp3) is 0.167. The number of rotatable bonds is 7. The zero-order valence-corrected chi connectivity index (χ0v) is 13.1. The normalized spacial score (nSPS) is 12.9. The molecule has 1 aromatic heterocycles. The van der Waals surface area contributed by atoms with Crippen molar-refractivity contribution in [1.29, 1.82) is 0 Å². The van der Waals surface area contributed by atoms with Gasteiger partial charge in [0.25, 0.3) is 0 Å². The SMILES string of the molecule is C=C/C=C/c1ccc2nn(C(C)CC(=O)O)[nH+]c2c1/C=C/C=C. The van der Waals surface area contributed by atoms with Crippen molar-refractivity contribution in [2.75, 3.05) is 0 Å². The summed E-state index contributed by atoms with van der Waals surface area (Å²) in [5.74, 6) is -0.855. The fourth-order valence-electron chi connectivity index (χ4n) is 2.29. The van der Waals surface area contributed by atoms with Gasteiger partial charge in [-0.05, 0) is 35.5 Å². The molecule has 0 saturated carbocycles. The van der Waals surface area contributed by atoms with E-state index >= 15 is 0 Å². The van der Waals surface area contributed by atoms with Crippen molar-refractivity contribution in [3.63, 3.8) is 0 Å². The van der Waals surface area contributed by atoms with Crippen LogP contribution in [0.25, 0.3) is 23.2 Å². The molecule has 0 aliphatic heterocycles. The van der Waals surface area contributed by atoms with Gasteiger partial charge in [-0.1, -0.05) is 43.5 Å². The fourth-order valence-corrected chi connectivity index (χ4v) is 2.29. The van der Waals surface area contributed by atoms with Crippen LogP contribution in [0.15, 0.2) is 49.6 Å². The molecule has 1 heterocycles. The number of carboxylic acids is 1. The second-order valence-electron chi connectivity index (χ2n) is 5.16. The van der Waals surface area contributed by atoms with Gasteiger partial charge < -0.3 is 5.11 Å². The summed E-state index contributed by atoms with van der Waals surface area (Å²) in [6, 6.07) is 3.62. The van der Waals surface area contributed by atoms with E-state index < -0.39 is 5.97 Å². The summed E-state index contributed by atoms with van der Waals surface area (Å²) in [5, 5.41) is 16.6. The van der Waals surface area contributed by atoms with Crippen LogP contribution in [-0.2, 0) is 4.79 Å². The number of hydrogen-bond donors (Lipinski definition) is 1. The number of nitrogens with zero attached hydrogens (tertiary/aromatic N) is 2. The third-order valence-electron chi connectivity index (χ3n) is 3.40. The largest absolute Gasteiger partial charge is 0.481 e. The summed E-state index contributed by atoms with van der Waals surface area (Å²) in [6.45, 7) is 9.19. The molecule has 2 N–H and O–H groups in total. The van der Waals surface area contributed by atoms with Crippen molar-refractivity contribution in [1.82, 2.24) is 9.90 Å². The third-order valence-corrected chi connectivity index (χ3v) is 3.40. The molecule has 118 valence electrons. The standard InChI is InChI=1S/C18H19N3O2/c1-4-6-8-14-10-11-16-18(15(14)9-7-5-2)20-21(19-16)13(3)12-17(22)23/h4-11,13H,1-2,12H2,3H3,(H,22,23)/p+1/b8-6+,9-7+. The Labute approximate surface area is 134 Å². The van der Waals surface area contributed by atoms with Gasteiger partial charge in [-0.2, -0.15) is 5.10 Å². The zero-order chi connectivity index (χ0) is 16.8. The van der Waals surface area contributed by atoms with Gasteiger partial charge in [-0.3, -0.25) is 4.79 Å². The summed E-state index contributed by atoms with van der Waals surface area (Å²) < 4.78 is 0. The van der Waals surface area contributed by atoms with Gasteiger partial charge in [0.05, 0.1) is 6.42 Å². The topological polar surface area (TPSA) is 69.3 Å². The van der Waals surface area contributed by atoms with Crippen LogP contribution in [0.2, 0.25) is 0 Å². The number of allylic oxidation sites excluding steroid dienone is 4. The summed E-state index contributed by atoms with van der Waals surface area (Å²) in [4.78, 5) is 12.5. The molecule has 0 aliphatic rings. The molecule has 1 atom stereocenters. The smallest absolute Gasteiger partial charge is 0.305 e. The van der Waals surface area contributed by atoms with Crippen LogP contribution >= 0.6 is 0 Å². The highest BCUT2D eigenvalue weighted by Crippen LogP contribution is 2.22. The van der Waals surface area contributed by atoms with Crippen molar-refractivity contribution in [2.24, 2.45) is 0 Å². The van der Waals surface area contributed by atoms with Gasteiger partial charge in [-0.25, -0.2) is 0 Å². The van der Waals surface area contributed by atoms with E-state index in [1.807, 2.05) is 43.4 Å². The van der Waals surface area contributed by atoms with E-state index in [1.165, 1.54) is 0 Å². The van der Waals surface area contributed by atoms with Gasteiger partial charge in [0, 0.05) is 10.7 Å². The van der Waals surface area contributed by atoms with Crippen molar-refractivity contribution in [2.45, 2.75) is 19.4 Å². The van der Waals surface area contributed by atoms with Crippen molar-refractivity contribution in [3.05, 3.63) is 60.7 Å². The lowest BCUT2D eigenvalue weighted by Gasteiger charge is -2.01. The van der Waals surface area contributed by atoms with E-state index in [2.05, 4.69) is 23.4 Å². The lowest BCUT2D eigenvalue weighted by Crippen LogP contribution is -2.25. The molecule has 0 saturated heterocycles. The van der Waals surface area contributed by atoms with E-state index in [1.54, 1.807) is 16.9 Å². The molecule has 1 aromatic carbocycles. The quantitative estimate of drug-likeness (QED) is 0.798. The lowest BCUT2D eigenvalue weighted by atomic mass is 10.0. The molecule has 5 heteroatoms. The van der Waals surface area contributed by atoms with E-state index in [4.69, 9.17) is 5.11 Å². The summed E-state index contributed by atoms with van der Waals surface area (Å²) in [6.07, 6.45) is 11.1.